The van der Waals surface area contributed by atoms with Crippen molar-refractivity contribution in [2.45, 2.75) is 19.8 Å². The fraction of sp³-hybridized carbons (Fsp3) is 0.538. The molecule has 0 bridgehead atoms. The second kappa shape index (κ2) is 6.89. The number of benzene rings is 1. The largest absolute Gasteiger partial charge is 0.330 e. The van der Waals surface area contributed by atoms with E-state index in [1.807, 2.05) is 18.2 Å². The molecular weight excluding hydrogens is 220 g/mol. The quantitative estimate of drug-likeness (QED) is 0.829. The van der Waals surface area contributed by atoms with E-state index in [2.05, 4.69) is 24.8 Å². The van der Waals surface area contributed by atoms with Gasteiger partial charge in [0, 0.05) is 24.0 Å². The first-order valence-corrected chi connectivity index (χ1v) is 6.27. The SMILES string of the molecule is CCN(CC)CC(CN)c1ccccc1Cl. The molecule has 0 amide bonds. The number of likely N-dealkylation sites (N-methyl/N-ethyl adjacent to an activating group) is 1. The summed E-state index contributed by atoms with van der Waals surface area (Å²) in [5.74, 6) is 0.327. The summed E-state index contributed by atoms with van der Waals surface area (Å²) in [5, 5.41) is 0.824. The van der Waals surface area contributed by atoms with E-state index in [0.717, 1.165) is 24.7 Å². The topological polar surface area (TPSA) is 29.3 Å². The van der Waals surface area contributed by atoms with Gasteiger partial charge in [-0.3, -0.25) is 0 Å². The molecule has 0 spiro atoms. The fourth-order valence-electron chi connectivity index (χ4n) is 1.90. The Kier molecular flexibility index (Phi) is 5.81. The third-order valence-electron chi connectivity index (χ3n) is 3.00. The van der Waals surface area contributed by atoms with Crippen LogP contribution < -0.4 is 5.73 Å². The van der Waals surface area contributed by atoms with Gasteiger partial charge in [0.2, 0.25) is 0 Å². The van der Waals surface area contributed by atoms with Crippen LogP contribution in [0.1, 0.15) is 25.3 Å². The van der Waals surface area contributed by atoms with Crippen LogP contribution in [0.4, 0.5) is 0 Å². The maximum atomic E-state index is 6.19. The van der Waals surface area contributed by atoms with E-state index in [9.17, 15) is 0 Å². The first kappa shape index (κ1) is 13.5. The van der Waals surface area contributed by atoms with Crippen LogP contribution in [-0.2, 0) is 0 Å². The minimum absolute atomic E-state index is 0.327. The zero-order chi connectivity index (χ0) is 12.0. The molecule has 1 unspecified atom stereocenters. The Morgan fingerprint density at radius 3 is 2.38 bits per heavy atom. The maximum Gasteiger partial charge on any atom is 0.0441 e. The van der Waals surface area contributed by atoms with Crippen LogP contribution in [0.5, 0.6) is 0 Å². The lowest BCUT2D eigenvalue weighted by Crippen LogP contribution is -2.31. The van der Waals surface area contributed by atoms with Crippen LogP contribution in [-0.4, -0.2) is 31.1 Å². The van der Waals surface area contributed by atoms with Gasteiger partial charge >= 0.3 is 0 Å². The van der Waals surface area contributed by atoms with Gasteiger partial charge in [-0.05, 0) is 24.7 Å². The molecule has 90 valence electrons. The second-order valence-electron chi connectivity index (χ2n) is 3.94. The van der Waals surface area contributed by atoms with Crippen molar-refractivity contribution >= 4 is 11.6 Å². The predicted molar refractivity (Wildman–Crippen MR) is 71.0 cm³/mol. The molecule has 2 nitrogen and oxygen atoms in total. The van der Waals surface area contributed by atoms with Gasteiger partial charge in [0.05, 0.1) is 0 Å². The van der Waals surface area contributed by atoms with E-state index in [1.54, 1.807) is 0 Å². The Bertz CT molecular complexity index is 311. The lowest BCUT2D eigenvalue weighted by atomic mass is 9.98. The second-order valence-corrected chi connectivity index (χ2v) is 4.35. The van der Waals surface area contributed by atoms with E-state index in [0.29, 0.717) is 12.5 Å². The fourth-order valence-corrected chi connectivity index (χ4v) is 2.19. The van der Waals surface area contributed by atoms with Gasteiger partial charge in [-0.2, -0.15) is 0 Å². The number of halogens is 1. The summed E-state index contributed by atoms with van der Waals surface area (Å²) in [4.78, 5) is 2.38. The van der Waals surface area contributed by atoms with Crippen LogP contribution in [0, 0.1) is 0 Å². The number of rotatable bonds is 6. The lowest BCUT2D eigenvalue weighted by molar-refractivity contribution is 0.284. The monoisotopic (exact) mass is 240 g/mol. The molecule has 1 aromatic carbocycles. The van der Waals surface area contributed by atoms with E-state index in [-0.39, 0.29) is 0 Å². The average molecular weight is 241 g/mol. The Morgan fingerprint density at radius 2 is 1.88 bits per heavy atom. The minimum atomic E-state index is 0.327. The molecule has 0 fully saturated rings. The van der Waals surface area contributed by atoms with E-state index in [4.69, 9.17) is 17.3 Å². The van der Waals surface area contributed by atoms with Gasteiger partial charge < -0.3 is 10.6 Å². The molecule has 2 N–H and O–H groups in total. The number of nitrogens with zero attached hydrogens (tertiary/aromatic N) is 1. The molecular formula is C13H21ClN2. The highest BCUT2D eigenvalue weighted by atomic mass is 35.5. The number of nitrogens with two attached hydrogens (primary N) is 1. The average Bonchev–Trinajstić information content (AvgIpc) is 2.32. The van der Waals surface area contributed by atoms with Crippen LogP contribution in [0.15, 0.2) is 24.3 Å². The molecule has 16 heavy (non-hydrogen) atoms. The third kappa shape index (κ3) is 3.48. The normalized spacial score (nSPS) is 13.1. The van der Waals surface area contributed by atoms with E-state index < -0.39 is 0 Å². The van der Waals surface area contributed by atoms with Crippen molar-refractivity contribution in [3.8, 4) is 0 Å². The third-order valence-corrected chi connectivity index (χ3v) is 3.35. The van der Waals surface area contributed by atoms with Gasteiger partial charge in [0.15, 0.2) is 0 Å². The van der Waals surface area contributed by atoms with Gasteiger partial charge in [-0.1, -0.05) is 43.6 Å². The standard InChI is InChI=1S/C13H21ClN2/c1-3-16(4-2)10-11(9-15)12-7-5-6-8-13(12)14/h5-8,11H,3-4,9-10,15H2,1-2H3. The minimum Gasteiger partial charge on any atom is -0.330 e. The van der Waals surface area contributed by atoms with Crippen LogP contribution in [0.25, 0.3) is 0 Å². The summed E-state index contributed by atoms with van der Waals surface area (Å²) in [6.45, 7) is 8.07. The van der Waals surface area contributed by atoms with Crippen molar-refractivity contribution in [2.75, 3.05) is 26.2 Å². The summed E-state index contributed by atoms with van der Waals surface area (Å²) < 4.78 is 0. The number of hydrogen-bond donors (Lipinski definition) is 1. The molecule has 0 aromatic heterocycles. The molecule has 0 aliphatic carbocycles. The van der Waals surface area contributed by atoms with Gasteiger partial charge in [0.1, 0.15) is 0 Å². The first-order valence-electron chi connectivity index (χ1n) is 5.89. The van der Waals surface area contributed by atoms with Crippen molar-refractivity contribution in [3.63, 3.8) is 0 Å². The van der Waals surface area contributed by atoms with Gasteiger partial charge in [-0.15, -0.1) is 0 Å². The van der Waals surface area contributed by atoms with Crippen molar-refractivity contribution in [1.82, 2.24) is 4.90 Å². The van der Waals surface area contributed by atoms with Gasteiger partial charge in [-0.25, -0.2) is 0 Å². The van der Waals surface area contributed by atoms with Crippen molar-refractivity contribution in [1.29, 1.82) is 0 Å². The summed E-state index contributed by atoms with van der Waals surface area (Å²) in [5.41, 5.74) is 7.01. The van der Waals surface area contributed by atoms with Crippen molar-refractivity contribution in [3.05, 3.63) is 34.9 Å². The number of hydrogen-bond acceptors (Lipinski definition) is 2. The Morgan fingerprint density at radius 1 is 1.25 bits per heavy atom. The summed E-state index contributed by atoms with van der Waals surface area (Å²) in [7, 11) is 0. The van der Waals surface area contributed by atoms with Crippen molar-refractivity contribution in [2.24, 2.45) is 5.73 Å². The molecule has 0 heterocycles. The lowest BCUT2D eigenvalue weighted by Gasteiger charge is -2.25. The molecule has 0 radical (unpaired) electrons. The maximum absolute atomic E-state index is 6.19. The predicted octanol–water partition coefficient (Wildman–Crippen LogP) is 2.72. The molecule has 1 rings (SSSR count). The van der Waals surface area contributed by atoms with Crippen LogP contribution in [0.3, 0.4) is 0 Å². The highest BCUT2D eigenvalue weighted by molar-refractivity contribution is 6.31. The zero-order valence-electron chi connectivity index (χ0n) is 10.1. The van der Waals surface area contributed by atoms with E-state index in [1.165, 1.54) is 5.56 Å². The first-order chi connectivity index (χ1) is 7.72. The molecule has 0 saturated carbocycles. The highest BCUT2D eigenvalue weighted by Crippen LogP contribution is 2.24. The van der Waals surface area contributed by atoms with Crippen LogP contribution >= 0.6 is 11.6 Å². The highest BCUT2D eigenvalue weighted by Gasteiger charge is 2.15. The zero-order valence-corrected chi connectivity index (χ0v) is 10.9. The Balaban J connectivity index is 2.78. The smallest absolute Gasteiger partial charge is 0.0441 e. The molecule has 0 saturated heterocycles. The summed E-state index contributed by atoms with van der Waals surface area (Å²) in [6.07, 6.45) is 0. The molecule has 1 aromatic rings. The van der Waals surface area contributed by atoms with E-state index >= 15 is 0 Å². The molecule has 1 atom stereocenters. The molecule has 0 aliphatic heterocycles. The van der Waals surface area contributed by atoms with Gasteiger partial charge in [0.25, 0.3) is 0 Å². The summed E-state index contributed by atoms with van der Waals surface area (Å²) >= 11 is 6.19. The molecule has 3 heteroatoms. The Labute approximate surface area is 103 Å². The van der Waals surface area contributed by atoms with Crippen molar-refractivity contribution < 1.29 is 0 Å². The molecule has 0 aliphatic rings. The summed E-state index contributed by atoms with van der Waals surface area (Å²) in [6, 6.07) is 7.98. The Hall–Kier alpha value is -0.570. The van der Waals surface area contributed by atoms with Crippen LogP contribution in [0.2, 0.25) is 5.02 Å².